The molecule has 6 heteroatoms. The van der Waals surface area contributed by atoms with Gasteiger partial charge < -0.3 is 21.3 Å². The molecule has 0 spiro atoms. The third-order valence-electron chi connectivity index (χ3n) is 2.73. The molecule has 19 heavy (non-hydrogen) atoms. The van der Waals surface area contributed by atoms with Crippen molar-refractivity contribution in [3.63, 3.8) is 0 Å². The number of likely N-dealkylation sites (N-methyl/N-ethyl adjacent to an activating group) is 1. The van der Waals surface area contributed by atoms with Crippen molar-refractivity contribution < 1.29 is 9.59 Å². The minimum Gasteiger partial charge on any atom is -0.397 e. The van der Waals surface area contributed by atoms with Crippen LogP contribution in [-0.4, -0.2) is 43.9 Å². The lowest BCUT2D eigenvalue weighted by atomic mass is 10.1. The lowest BCUT2D eigenvalue weighted by molar-refractivity contribution is -0.129. The van der Waals surface area contributed by atoms with Crippen molar-refractivity contribution in [2.75, 3.05) is 32.2 Å². The molecular formula is C13H20N4O2. The van der Waals surface area contributed by atoms with Crippen LogP contribution in [-0.2, 0) is 4.79 Å². The summed E-state index contributed by atoms with van der Waals surface area (Å²) in [6.07, 6.45) is 0. The van der Waals surface area contributed by atoms with E-state index < -0.39 is 6.04 Å². The zero-order valence-electron chi connectivity index (χ0n) is 11.7. The van der Waals surface area contributed by atoms with Gasteiger partial charge in [-0.15, -0.1) is 0 Å². The van der Waals surface area contributed by atoms with E-state index in [0.717, 1.165) is 0 Å². The number of nitrogens with two attached hydrogens (primary N) is 1. The van der Waals surface area contributed by atoms with E-state index in [0.29, 0.717) is 16.9 Å². The summed E-state index contributed by atoms with van der Waals surface area (Å²) in [6, 6.07) is 4.49. The molecule has 104 valence electrons. The van der Waals surface area contributed by atoms with Crippen LogP contribution in [0.3, 0.4) is 0 Å². The summed E-state index contributed by atoms with van der Waals surface area (Å²) in [5.41, 5.74) is 7.39. The van der Waals surface area contributed by atoms with E-state index in [1.165, 1.54) is 4.90 Å². The van der Waals surface area contributed by atoms with Gasteiger partial charge in [0, 0.05) is 26.7 Å². The number of rotatable bonds is 4. The quantitative estimate of drug-likeness (QED) is 0.692. The van der Waals surface area contributed by atoms with Crippen molar-refractivity contribution in [2.24, 2.45) is 0 Å². The molecule has 4 N–H and O–H groups in total. The summed E-state index contributed by atoms with van der Waals surface area (Å²) in [7, 11) is 4.93. The van der Waals surface area contributed by atoms with E-state index in [-0.39, 0.29) is 11.8 Å². The lowest BCUT2D eigenvalue weighted by Gasteiger charge is -2.20. The van der Waals surface area contributed by atoms with Crippen molar-refractivity contribution in [2.45, 2.75) is 13.0 Å². The molecular weight excluding hydrogens is 244 g/mol. The van der Waals surface area contributed by atoms with Crippen LogP contribution in [0.25, 0.3) is 0 Å². The summed E-state index contributed by atoms with van der Waals surface area (Å²) in [5.74, 6) is -0.264. The van der Waals surface area contributed by atoms with Crippen LogP contribution >= 0.6 is 0 Å². The first-order valence-corrected chi connectivity index (χ1v) is 5.96. The van der Waals surface area contributed by atoms with Gasteiger partial charge in [-0.2, -0.15) is 0 Å². The summed E-state index contributed by atoms with van der Waals surface area (Å²) >= 11 is 0. The van der Waals surface area contributed by atoms with Crippen LogP contribution < -0.4 is 16.4 Å². The molecule has 1 aromatic carbocycles. The van der Waals surface area contributed by atoms with Crippen molar-refractivity contribution in [3.8, 4) is 0 Å². The number of hydrogen-bond donors (Lipinski definition) is 3. The Morgan fingerprint density at radius 2 is 1.95 bits per heavy atom. The second kappa shape index (κ2) is 6.08. The van der Waals surface area contributed by atoms with Crippen molar-refractivity contribution >= 4 is 23.2 Å². The summed E-state index contributed by atoms with van der Waals surface area (Å²) in [5, 5.41) is 5.55. The highest BCUT2D eigenvalue weighted by Crippen LogP contribution is 2.21. The molecule has 1 atom stereocenters. The highest BCUT2D eigenvalue weighted by molar-refractivity contribution is 5.96. The van der Waals surface area contributed by atoms with Gasteiger partial charge in [0.1, 0.15) is 6.04 Å². The first kappa shape index (κ1) is 14.8. The van der Waals surface area contributed by atoms with Crippen LogP contribution in [0.4, 0.5) is 11.4 Å². The molecule has 2 amide bonds. The molecule has 6 nitrogen and oxygen atoms in total. The van der Waals surface area contributed by atoms with E-state index >= 15 is 0 Å². The third-order valence-corrected chi connectivity index (χ3v) is 2.73. The van der Waals surface area contributed by atoms with E-state index in [4.69, 9.17) is 5.73 Å². The first-order valence-electron chi connectivity index (χ1n) is 5.96. The topological polar surface area (TPSA) is 87.5 Å². The predicted octanol–water partition coefficient (Wildman–Crippen LogP) is 0.517. The van der Waals surface area contributed by atoms with E-state index in [1.807, 2.05) is 0 Å². The maximum atomic E-state index is 11.8. The Kier molecular flexibility index (Phi) is 4.74. The molecule has 1 unspecified atom stereocenters. The SMILES string of the molecule is CNC(=O)c1ccc(N)c(NC(C)C(=O)N(C)C)c1. The third kappa shape index (κ3) is 3.61. The number of benzene rings is 1. The Balaban J connectivity index is 2.94. The fourth-order valence-electron chi connectivity index (χ4n) is 1.65. The van der Waals surface area contributed by atoms with Gasteiger partial charge in [0.2, 0.25) is 5.91 Å². The van der Waals surface area contributed by atoms with Gasteiger partial charge in [0.25, 0.3) is 5.91 Å². The minimum absolute atomic E-state index is 0.0650. The van der Waals surface area contributed by atoms with E-state index in [2.05, 4.69) is 10.6 Å². The molecule has 0 aliphatic rings. The van der Waals surface area contributed by atoms with Gasteiger partial charge in [-0.05, 0) is 25.1 Å². The Labute approximate surface area is 113 Å². The molecule has 1 aromatic rings. The van der Waals surface area contributed by atoms with Gasteiger partial charge in [-0.1, -0.05) is 0 Å². The molecule has 0 heterocycles. The first-order chi connectivity index (χ1) is 8.86. The molecule has 0 fully saturated rings. The second-order valence-corrected chi connectivity index (χ2v) is 4.48. The maximum absolute atomic E-state index is 11.8. The zero-order valence-corrected chi connectivity index (χ0v) is 11.7. The fourth-order valence-corrected chi connectivity index (χ4v) is 1.65. The highest BCUT2D eigenvalue weighted by Gasteiger charge is 2.16. The van der Waals surface area contributed by atoms with Crippen molar-refractivity contribution in [1.82, 2.24) is 10.2 Å². The molecule has 1 rings (SSSR count). The summed E-state index contributed by atoms with van der Waals surface area (Å²) in [6.45, 7) is 1.74. The maximum Gasteiger partial charge on any atom is 0.251 e. The number of amides is 2. The monoisotopic (exact) mass is 264 g/mol. The molecule has 0 aliphatic heterocycles. The largest absolute Gasteiger partial charge is 0.397 e. The molecule has 0 saturated heterocycles. The minimum atomic E-state index is -0.419. The van der Waals surface area contributed by atoms with Gasteiger partial charge in [-0.3, -0.25) is 9.59 Å². The van der Waals surface area contributed by atoms with E-state index in [1.54, 1.807) is 46.3 Å². The molecule has 0 saturated carbocycles. The van der Waals surface area contributed by atoms with Crippen LogP contribution in [0.1, 0.15) is 17.3 Å². The van der Waals surface area contributed by atoms with Crippen LogP contribution in [0.15, 0.2) is 18.2 Å². The summed E-state index contributed by atoms with van der Waals surface area (Å²) < 4.78 is 0. The standard InChI is InChI=1S/C13H20N4O2/c1-8(13(19)17(3)4)16-11-7-9(12(18)15-2)5-6-10(11)14/h5-8,16H,14H2,1-4H3,(H,15,18). The van der Waals surface area contributed by atoms with Gasteiger partial charge in [0.05, 0.1) is 11.4 Å². The predicted molar refractivity (Wildman–Crippen MR) is 76.0 cm³/mol. The normalized spacial score (nSPS) is 11.6. The van der Waals surface area contributed by atoms with E-state index in [9.17, 15) is 9.59 Å². The Bertz CT molecular complexity index is 486. The van der Waals surface area contributed by atoms with Crippen LogP contribution in [0.5, 0.6) is 0 Å². The average molecular weight is 264 g/mol. The van der Waals surface area contributed by atoms with Gasteiger partial charge in [0.15, 0.2) is 0 Å². The van der Waals surface area contributed by atoms with Crippen LogP contribution in [0.2, 0.25) is 0 Å². The van der Waals surface area contributed by atoms with Crippen LogP contribution in [0, 0.1) is 0 Å². The van der Waals surface area contributed by atoms with Crippen molar-refractivity contribution in [1.29, 1.82) is 0 Å². The number of anilines is 2. The number of carbonyl (C=O) groups excluding carboxylic acids is 2. The van der Waals surface area contributed by atoms with Gasteiger partial charge in [-0.25, -0.2) is 0 Å². The average Bonchev–Trinajstić information content (AvgIpc) is 2.39. The zero-order chi connectivity index (χ0) is 14.6. The number of nitrogens with one attached hydrogen (secondary N) is 2. The number of carbonyl (C=O) groups is 2. The lowest BCUT2D eigenvalue weighted by Crippen LogP contribution is -2.36. The fraction of sp³-hybridized carbons (Fsp3) is 0.385. The Morgan fingerprint density at radius 1 is 1.32 bits per heavy atom. The Hall–Kier alpha value is -2.24. The van der Waals surface area contributed by atoms with Gasteiger partial charge >= 0.3 is 0 Å². The molecule has 0 aliphatic carbocycles. The molecule has 0 bridgehead atoms. The van der Waals surface area contributed by atoms with Crippen molar-refractivity contribution in [3.05, 3.63) is 23.8 Å². The number of hydrogen-bond acceptors (Lipinski definition) is 4. The highest BCUT2D eigenvalue weighted by atomic mass is 16.2. The molecule has 0 radical (unpaired) electrons. The second-order valence-electron chi connectivity index (χ2n) is 4.48. The number of nitrogen functional groups attached to an aromatic ring is 1. The number of nitrogens with zero attached hydrogens (tertiary/aromatic N) is 1. The Morgan fingerprint density at radius 3 is 2.47 bits per heavy atom. The molecule has 0 aromatic heterocycles. The summed E-state index contributed by atoms with van der Waals surface area (Å²) in [4.78, 5) is 24.8. The smallest absolute Gasteiger partial charge is 0.251 e.